The number of rotatable bonds is 0. The number of thiocyanates is 1. The molecule has 0 aromatic heterocycles. The molecule has 0 aromatic rings. The molecule has 0 unspecified atom stereocenters. The molecule has 0 saturated heterocycles. The van der Waals surface area contributed by atoms with E-state index in [1.54, 1.807) is 0 Å². The Labute approximate surface area is 54.9 Å². The number of hydrogen-bond acceptors (Lipinski definition) is 3. The first-order chi connectivity index (χ1) is 2.41. The van der Waals surface area contributed by atoms with E-state index in [9.17, 15) is 0 Å². The molecular formula is C2HN2SZn-. The molecule has 0 rings (SSSR count). The molecule has 0 spiro atoms. The summed E-state index contributed by atoms with van der Waals surface area (Å²) < 4.78 is 0. The van der Waals surface area contributed by atoms with Crippen LogP contribution < -0.4 is 0 Å². The SMILES string of the molecule is N#CS.[C-]#N.[Zn]. The molecule has 0 N–H and O–H groups in total. The van der Waals surface area contributed by atoms with Crippen molar-refractivity contribution in [1.82, 2.24) is 0 Å². The molecule has 4 heteroatoms. The molecule has 0 bridgehead atoms. The van der Waals surface area contributed by atoms with Crippen molar-refractivity contribution in [2.45, 2.75) is 0 Å². The van der Waals surface area contributed by atoms with Crippen molar-refractivity contribution in [2.24, 2.45) is 0 Å². The van der Waals surface area contributed by atoms with Gasteiger partial charge in [0.1, 0.15) is 5.40 Å². The molecule has 0 fully saturated rings. The van der Waals surface area contributed by atoms with Crippen LogP contribution >= 0.6 is 12.6 Å². The molecule has 0 atom stereocenters. The van der Waals surface area contributed by atoms with Crippen molar-refractivity contribution in [2.75, 3.05) is 0 Å². The van der Waals surface area contributed by atoms with Crippen LogP contribution in [0.2, 0.25) is 0 Å². The molecule has 0 radical (unpaired) electrons. The quantitative estimate of drug-likeness (QED) is 0.236. The summed E-state index contributed by atoms with van der Waals surface area (Å²) >= 11 is 3.09. The molecule has 6 heavy (non-hydrogen) atoms. The summed E-state index contributed by atoms with van der Waals surface area (Å²) in [5, 5.41) is 14.9. The van der Waals surface area contributed by atoms with Gasteiger partial charge in [-0.2, -0.15) is 5.26 Å². The Morgan fingerprint density at radius 1 is 1.50 bits per heavy atom. The topological polar surface area (TPSA) is 47.6 Å². The minimum atomic E-state index is 0. The summed E-state index contributed by atoms with van der Waals surface area (Å²) in [4.78, 5) is 0. The molecule has 0 aromatic carbocycles. The van der Waals surface area contributed by atoms with Crippen LogP contribution in [-0.4, -0.2) is 0 Å². The second kappa shape index (κ2) is 85.2. The van der Waals surface area contributed by atoms with Gasteiger partial charge in [0.05, 0.1) is 0 Å². The summed E-state index contributed by atoms with van der Waals surface area (Å²) in [6, 6.07) is 0. The van der Waals surface area contributed by atoms with Crippen molar-refractivity contribution >= 4 is 12.6 Å². The third kappa shape index (κ3) is 15900. The number of thiol groups is 1. The van der Waals surface area contributed by atoms with Crippen LogP contribution in [0.3, 0.4) is 0 Å². The van der Waals surface area contributed by atoms with E-state index in [2.05, 4.69) is 12.6 Å². The van der Waals surface area contributed by atoms with Crippen LogP contribution in [0.1, 0.15) is 0 Å². The maximum Gasteiger partial charge on any atom is 0.130 e. The zero-order valence-electron chi connectivity index (χ0n) is 3.05. The Morgan fingerprint density at radius 3 is 1.50 bits per heavy atom. The van der Waals surface area contributed by atoms with E-state index >= 15 is 0 Å². The molecule has 0 aliphatic rings. The largest absolute Gasteiger partial charge is 0.512 e. The monoisotopic (exact) mass is 149 g/mol. The van der Waals surface area contributed by atoms with E-state index in [0.717, 1.165) is 0 Å². The average Bonchev–Trinajstić information content (AvgIpc) is 1.46. The van der Waals surface area contributed by atoms with Crippen molar-refractivity contribution in [3.05, 3.63) is 6.57 Å². The van der Waals surface area contributed by atoms with E-state index in [0.29, 0.717) is 0 Å². The summed E-state index contributed by atoms with van der Waals surface area (Å²) in [7, 11) is 0. The molecule has 0 amide bonds. The van der Waals surface area contributed by atoms with Crippen LogP contribution in [-0.2, 0) is 19.5 Å². The number of nitrogens with zero attached hydrogens (tertiary/aromatic N) is 2. The van der Waals surface area contributed by atoms with Crippen LogP contribution in [0.15, 0.2) is 0 Å². The maximum atomic E-state index is 7.18. The Bertz CT molecular complexity index is 54.3. The Morgan fingerprint density at radius 2 is 1.50 bits per heavy atom. The first-order valence-electron chi connectivity index (χ1n) is 0.671. The van der Waals surface area contributed by atoms with E-state index < -0.39 is 0 Å². The van der Waals surface area contributed by atoms with Gasteiger partial charge in [-0.1, -0.05) is 12.6 Å². The van der Waals surface area contributed by atoms with Crippen molar-refractivity contribution in [3.8, 4) is 5.40 Å². The summed E-state index contributed by atoms with van der Waals surface area (Å²) in [5.74, 6) is 0. The average molecular weight is 151 g/mol. The van der Waals surface area contributed by atoms with Crippen LogP contribution in [0, 0.1) is 22.5 Å². The van der Waals surface area contributed by atoms with Gasteiger partial charge in [0.2, 0.25) is 0 Å². The van der Waals surface area contributed by atoms with Crippen LogP contribution in [0.4, 0.5) is 0 Å². The third-order valence-electron chi connectivity index (χ3n) is 0. The van der Waals surface area contributed by atoms with Crippen LogP contribution in [0.25, 0.3) is 0 Å². The fourth-order valence-corrected chi connectivity index (χ4v) is 0. The van der Waals surface area contributed by atoms with Gasteiger partial charge in [-0.15, -0.1) is 0 Å². The zero-order chi connectivity index (χ0) is 4.71. The van der Waals surface area contributed by atoms with Gasteiger partial charge in [0.25, 0.3) is 0 Å². The van der Waals surface area contributed by atoms with E-state index in [1.165, 1.54) is 5.40 Å². The predicted octanol–water partition coefficient (Wildman–Crippen LogP) is 0.491. The van der Waals surface area contributed by atoms with Crippen molar-refractivity contribution < 1.29 is 19.5 Å². The molecule has 0 aliphatic heterocycles. The Hall–Kier alpha value is -0.0466. The van der Waals surface area contributed by atoms with Gasteiger partial charge >= 0.3 is 0 Å². The molecule has 28 valence electrons. The Kier molecular flexibility index (Phi) is 238. The number of hydrogen-bond donors (Lipinski definition) is 1. The summed E-state index contributed by atoms with van der Waals surface area (Å²) in [6.45, 7) is 4.75. The standard InChI is InChI=1S/CHNS.CN.Zn/c2-1-3;1-2;/h3H;;/q;-1;. The second-order valence-corrected chi connectivity index (χ2v) is 0.300. The van der Waals surface area contributed by atoms with Gasteiger partial charge in [0, 0.05) is 19.5 Å². The van der Waals surface area contributed by atoms with Gasteiger partial charge in [0.15, 0.2) is 0 Å². The zero-order valence-corrected chi connectivity index (χ0v) is 6.91. The minimum Gasteiger partial charge on any atom is -0.512 e. The van der Waals surface area contributed by atoms with Gasteiger partial charge in [-0.05, 0) is 0 Å². The van der Waals surface area contributed by atoms with E-state index in [-0.39, 0.29) is 19.5 Å². The molecule has 0 heterocycles. The molecule has 0 aliphatic carbocycles. The van der Waals surface area contributed by atoms with Gasteiger partial charge < -0.3 is 11.8 Å². The predicted molar refractivity (Wildman–Crippen MR) is 19.6 cm³/mol. The van der Waals surface area contributed by atoms with E-state index in [1.807, 2.05) is 0 Å². The smallest absolute Gasteiger partial charge is 0.130 e. The van der Waals surface area contributed by atoms with Crippen molar-refractivity contribution in [1.29, 1.82) is 10.5 Å². The normalized spacial score (nSPS) is 1.67. The van der Waals surface area contributed by atoms with Gasteiger partial charge in [-0.25, -0.2) is 0 Å². The first kappa shape index (κ1) is 16.7. The first-order valence-corrected chi connectivity index (χ1v) is 1.12. The van der Waals surface area contributed by atoms with Crippen LogP contribution in [0.5, 0.6) is 0 Å². The second-order valence-electron chi connectivity index (χ2n) is 0.100. The molecular weight excluding hydrogens is 149 g/mol. The van der Waals surface area contributed by atoms with Gasteiger partial charge in [-0.3, -0.25) is 0 Å². The fourth-order valence-electron chi connectivity index (χ4n) is 0. The summed E-state index contributed by atoms with van der Waals surface area (Å²) in [5.41, 5.74) is 0. The summed E-state index contributed by atoms with van der Waals surface area (Å²) in [6.07, 6.45) is 0. The Balaban J connectivity index is -0.0000000275. The fraction of sp³-hybridized carbons (Fsp3) is 0. The minimum absolute atomic E-state index is 0. The molecule has 2 nitrogen and oxygen atoms in total. The van der Waals surface area contributed by atoms with E-state index in [4.69, 9.17) is 17.1 Å². The third-order valence-corrected chi connectivity index (χ3v) is 0. The number of nitriles is 1. The van der Waals surface area contributed by atoms with Crippen molar-refractivity contribution in [3.63, 3.8) is 0 Å². The maximum absolute atomic E-state index is 7.18. The molecule has 0 saturated carbocycles.